The summed E-state index contributed by atoms with van der Waals surface area (Å²) in [5.74, 6) is 1.21. The van der Waals surface area contributed by atoms with Gasteiger partial charge in [0.25, 0.3) is 0 Å². The zero-order valence-electron chi connectivity index (χ0n) is 13.1. The van der Waals surface area contributed by atoms with Gasteiger partial charge in [-0.1, -0.05) is 20.8 Å². The predicted octanol–water partition coefficient (Wildman–Crippen LogP) is 3.44. The molecule has 1 aromatic heterocycles. The Kier molecular flexibility index (Phi) is 4.65. The molecular weight excluding hydrogens is 268 g/mol. The number of piperidine rings is 1. The molecule has 1 saturated heterocycles. The molecule has 0 saturated carbocycles. The third kappa shape index (κ3) is 3.83. The van der Waals surface area contributed by atoms with Gasteiger partial charge in [0.2, 0.25) is 5.82 Å². The molecule has 0 atom stereocenters. The number of hydrogen-bond acceptors (Lipinski definition) is 5. The van der Waals surface area contributed by atoms with Crippen molar-refractivity contribution in [2.75, 3.05) is 29.9 Å². The van der Waals surface area contributed by atoms with E-state index in [1.54, 1.807) is 12.1 Å². The van der Waals surface area contributed by atoms with Gasteiger partial charge in [0.1, 0.15) is 5.82 Å². The molecule has 1 aromatic rings. The van der Waals surface area contributed by atoms with Crippen molar-refractivity contribution in [2.45, 2.75) is 40.0 Å². The molecule has 6 nitrogen and oxygen atoms in total. The first kappa shape index (κ1) is 15.5. The SMILES string of the molecule is CCCNc1ccc([N+](=O)[O-])c(N2CCC(C)(C)CC2)n1. The number of nitrogens with one attached hydrogen (secondary N) is 1. The Morgan fingerprint density at radius 3 is 2.62 bits per heavy atom. The average Bonchev–Trinajstić information content (AvgIpc) is 2.44. The second-order valence-electron chi connectivity index (χ2n) is 6.37. The highest BCUT2D eigenvalue weighted by atomic mass is 16.6. The molecular formula is C15H24N4O2. The lowest BCUT2D eigenvalue weighted by Crippen LogP contribution is -2.38. The summed E-state index contributed by atoms with van der Waals surface area (Å²) in [6, 6.07) is 3.24. The minimum absolute atomic E-state index is 0.0942. The first-order valence-corrected chi connectivity index (χ1v) is 7.57. The number of aromatic nitrogens is 1. The monoisotopic (exact) mass is 292 g/mol. The van der Waals surface area contributed by atoms with Crippen molar-refractivity contribution in [1.29, 1.82) is 0 Å². The van der Waals surface area contributed by atoms with Gasteiger partial charge in [0, 0.05) is 25.7 Å². The second kappa shape index (κ2) is 6.28. The van der Waals surface area contributed by atoms with Gasteiger partial charge in [-0.25, -0.2) is 4.98 Å². The summed E-state index contributed by atoms with van der Waals surface area (Å²) >= 11 is 0. The minimum Gasteiger partial charge on any atom is -0.370 e. The number of nitro groups is 1. The normalized spacial score (nSPS) is 17.6. The predicted molar refractivity (Wildman–Crippen MR) is 84.9 cm³/mol. The Hall–Kier alpha value is -1.85. The molecule has 21 heavy (non-hydrogen) atoms. The van der Waals surface area contributed by atoms with Crippen molar-refractivity contribution in [3.63, 3.8) is 0 Å². The molecule has 1 aliphatic heterocycles. The van der Waals surface area contributed by atoms with E-state index in [0.29, 0.717) is 17.1 Å². The van der Waals surface area contributed by atoms with Crippen LogP contribution < -0.4 is 10.2 Å². The van der Waals surface area contributed by atoms with Crippen LogP contribution >= 0.6 is 0 Å². The van der Waals surface area contributed by atoms with E-state index in [1.807, 2.05) is 4.90 Å². The molecule has 0 aromatic carbocycles. The van der Waals surface area contributed by atoms with Gasteiger partial charge in [-0.3, -0.25) is 10.1 Å². The smallest absolute Gasteiger partial charge is 0.311 e. The van der Waals surface area contributed by atoms with Crippen molar-refractivity contribution >= 4 is 17.3 Å². The molecule has 2 rings (SSSR count). The number of anilines is 2. The molecule has 116 valence electrons. The van der Waals surface area contributed by atoms with Gasteiger partial charge in [-0.15, -0.1) is 0 Å². The van der Waals surface area contributed by atoms with Gasteiger partial charge in [-0.2, -0.15) is 0 Å². The van der Waals surface area contributed by atoms with E-state index < -0.39 is 0 Å². The summed E-state index contributed by atoms with van der Waals surface area (Å²) in [5.41, 5.74) is 0.403. The standard InChI is InChI=1S/C15H24N4O2/c1-4-9-16-13-6-5-12(19(20)21)14(17-13)18-10-7-15(2,3)8-11-18/h5-6H,4,7-11H2,1-3H3,(H,16,17). The number of nitrogens with zero attached hydrogens (tertiary/aromatic N) is 3. The third-order valence-corrected chi connectivity index (χ3v) is 4.02. The van der Waals surface area contributed by atoms with E-state index in [9.17, 15) is 10.1 Å². The van der Waals surface area contributed by atoms with Crippen LogP contribution in [0.5, 0.6) is 0 Å². The molecule has 0 unspecified atom stereocenters. The second-order valence-corrected chi connectivity index (χ2v) is 6.37. The molecule has 1 N–H and O–H groups in total. The molecule has 0 bridgehead atoms. The van der Waals surface area contributed by atoms with Gasteiger partial charge in [0.05, 0.1) is 4.92 Å². The molecule has 0 spiro atoms. The number of hydrogen-bond donors (Lipinski definition) is 1. The Balaban J connectivity index is 2.24. The van der Waals surface area contributed by atoms with Crippen molar-refractivity contribution in [3.8, 4) is 0 Å². The lowest BCUT2D eigenvalue weighted by atomic mass is 9.83. The number of pyridine rings is 1. The Bertz CT molecular complexity index is 506. The fourth-order valence-electron chi connectivity index (χ4n) is 2.49. The van der Waals surface area contributed by atoms with Crippen molar-refractivity contribution in [2.24, 2.45) is 5.41 Å². The van der Waals surface area contributed by atoms with Crippen LogP contribution in [-0.2, 0) is 0 Å². The van der Waals surface area contributed by atoms with E-state index in [2.05, 4.69) is 31.1 Å². The summed E-state index contributed by atoms with van der Waals surface area (Å²) in [4.78, 5) is 17.4. The van der Waals surface area contributed by atoms with Gasteiger partial charge in [-0.05, 0) is 30.7 Å². The highest BCUT2D eigenvalue weighted by Gasteiger charge is 2.29. The Morgan fingerprint density at radius 2 is 2.05 bits per heavy atom. The van der Waals surface area contributed by atoms with Gasteiger partial charge < -0.3 is 10.2 Å². The molecule has 2 heterocycles. The van der Waals surface area contributed by atoms with Gasteiger partial charge in [0.15, 0.2) is 0 Å². The molecule has 6 heteroatoms. The van der Waals surface area contributed by atoms with E-state index in [0.717, 1.165) is 38.9 Å². The van der Waals surface area contributed by atoms with Crippen LogP contribution in [0.3, 0.4) is 0 Å². The Morgan fingerprint density at radius 1 is 1.38 bits per heavy atom. The van der Waals surface area contributed by atoms with Crippen LogP contribution in [0.15, 0.2) is 12.1 Å². The van der Waals surface area contributed by atoms with E-state index in [-0.39, 0.29) is 10.6 Å². The van der Waals surface area contributed by atoms with E-state index >= 15 is 0 Å². The third-order valence-electron chi connectivity index (χ3n) is 4.02. The van der Waals surface area contributed by atoms with Crippen LogP contribution in [0.4, 0.5) is 17.3 Å². The summed E-state index contributed by atoms with van der Waals surface area (Å²) in [6.07, 6.45) is 3.04. The van der Waals surface area contributed by atoms with Crippen LogP contribution in [0, 0.1) is 15.5 Å². The molecule has 0 aliphatic carbocycles. The van der Waals surface area contributed by atoms with Crippen LogP contribution in [0.2, 0.25) is 0 Å². The first-order valence-electron chi connectivity index (χ1n) is 7.57. The molecule has 0 radical (unpaired) electrons. The van der Waals surface area contributed by atoms with Gasteiger partial charge >= 0.3 is 5.69 Å². The fraction of sp³-hybridized carbons (Fsp3) is 0.667. The van der Waals surface area contributed by atoms with Crippen molar-refractivity contribution in [3.05, 3.63) is 22.2 Å². The average molecular weight is 292 g/mol. The van der Waals surface area contributed by atoms with Crippen LogP contribution in [0.1, 0.15) is 40.0 Å². The maximum absolute atomic E-state index is 11.2. The highest BCUT2D eigenvalue weighted by molar-refractivity contribution is 5.62. The van der Waals surface area contributed by atoms with Crippen molar-refractivity contribution in [1.82, 2.24) is 4.98 Å². The van der Waals surface area contributed by atoms with E-state index in [1.165, 1.54) is 0 Å². The first-order chi connectivity index (χ1) is 9.93. The van der Waals surface area contributed by atoms with Crippen LogP contribution in [0.25, 0.3) is 0 Å². The summed E-state index contributed by atoms with van der Waals surface area (Å²) in [7, 11) is 0. The van der Waals surface area contributed by atoms with Crippen molar-refractivity contribution < 1.29 is 4.92 Å². The number of rotatable bonds is 5. The maximum Gasteiger partial charge on any atom is 0.311 e. The quantitative estimate of drug-likeness (QED) is 0.665. The Labute approximate surface area is 125 Å². The highest BCUT2D eigenvalue weighted by Crippen LogP contribution is 2.35. The topological polar surface area (TPSA) is 71.3 Å². The van der Waals surface area contributed by atoms with Crippen LogP contribution in [-0.4, -0.2) is 29.5 Å². The zero-order chi connectivity index (χ0) is 15.5. The minimum atomic E-state index is -0.342. The molecule has 1 fully saturated rings. The van der Waals surface area contributed by atoms with E-state index in [4.69, 9.17) is 0 Å². The maximum atomic E-state index is 11.2. The summed E-state index contributed by atoms with van der Waals surface area (Å²) < 4.78 is 0. The summed E-state index contributed by atoms with van der Waals surface area (Å²) in [6.45, 7) is 9.01. The zero-order valence-corrected chi connectivity index (χ0v) is 13.1. The molecule has 1 aliphatic rings. The fourth-order valence-corrected chi connectivity index (χ4v) is 2.49. The summed E-state index contributed by atoms with van der Waals surface area (Å²) in [5, 5.41) is 14.4. The lowest BCUT2D eigenvalue weighted by Gasteiger charge is -2.37. The lowest BCUT2D eigenvalue weighted by molar-refractivity contribution is -0.384. The molecule has 0 amide bonds. The largest absolute Gasteiger partial charge is 0.370 e.